The van der Waals surface area contributed by atoms with Crippen molar-refractivity contribution < 1.29 is 19.5 Å². The molecule has 2 amide bonds. The monoisotopic (exact) mass is 464 g/mol. The first kappa shape index (κ1) is 25.5. The van der Waals surface area contributed by atoms with E-state index in [1.54, 1.807) is 0 Å². The van der Waals surface area contributed by atoms with Gasteiger partial charge in [-0.25, -0.2) is 4.79 Å². The van der Waals surface area contributed by atoms with E-state index in [1.807, 2.05) is 62.4 Å². The van der Waals surface area contributed by atoms with Gasteiger partial charge in [0.2, 0.25) is 5.78 Å². The molecule has 34 heavy (non-hydrogen) atoms. The van der Waals surface area contributed by atoms with Crippen LogP contribution in [0.1, 0.15) is 69.5 Å². The summed E-state index contributed by atoms with van der Waals surface area (Å²) in [6, 6.07) is 18.1. The van der Waals surface area contributed by atoms with Crippen molar-refractivity contribution in [2.75, 3.05) is 6.54 Å². The molecule has 0 radical (unpaired) electrons. The molecule has 1 aliphatic rings. The minimum absolute atomic E-state index is 0.196. The van der Waals surface area contributed by atoms with Gasteiger partial charge in [-0.05, 0) is 49.1 Å². The van der Waals surface area contributed by atoms with Crippen molar-refractivity contribution in [2.24, 2.45) is 5.41 Å². The molecule has 2 aromatic carbocycles. The number of carbonyl (C=O) groups excluding carboxylic acids is 2. The van der Waals surface area contributed by atoms with Gasteiger partial charge < -0.3 is 10.4 Å². The molecule has 0 spiro atoms. The molecule has 0 bridgehead atoms. The molecule has 6 nitrogen and oxygen atoms in total. The second-order valence-corrected chi connectivity index (χ2v) is 9.55. The van der Waals surface area contributed by atoms with Gasteiger partial charge in [0, 0.05) is 6.54 Å². The van der Waals surface area contributed by atoms with Gasteiger partial charge in [-0.2, -0.15) is 0 Å². The number of rotatable bonds is 12. The summed E-state index contributed by atoms with van der Waals surface area (Å²) in [5, 5.41) is 12.9. The van der Waals surface area contributed by atoms with Crippen LogP contribution in [0.5, 0.6) is 0 Å². The Morgan fingerprint density at radius 3 is 2.18 bits per heavy atom. The maximum atomic E-state index is 13.3. The van der Waals surface area contributed by atoms with Crippen molar-refractivity contribution in [2.45, 2.75) is 70.9 Å². The number of nitrogens with zero attached hydrogens (tertiary/aromatic N) is 1. The molecule has 0 aromatic heterocycles. The van der Waals surface area contributed by atoms with E-state index >= 15 is 0 Å². The zero-order valence-corrected chi connectivity index (χ0v) is 20.2. The Bertz CT molecular complexity index is 957. The molecule has 1 fully saturated rings. The van der Waals surface area contributed by atoms with Crippen LogP contribution in [-0.4, -0.2) is 40.4 Å². The molecular formula is C28H36N2O4. The van der Waals surface area contributed by atoms with Crippen molar-refractivity contribution in [1.82, 2.24) is 10.2 Å². The summed E-state index contributed by atoms with van der Waals surface area (Å²) in [6.45, 7) is 4.08. The average molecular weight is 465 g/mol. The molecule has 2 aromatic rings. The summed E-state index contributed by atoms with van der Waals surface area (Å²) >= 11 is 0. The molecule has 0 heterocycles. The van der Waals surface area contributed by atoms with Crippen molar-refractivity contribution in [3.05, 3.63) is 71.8 Å². The highest BCUT2D eigenvalue weighted by Crippen LogP contribution is 2.45. The van der Waals surface area contributed by atoms with Gasteiger partial charge in [-0.15, -0.1) is 0 Å². The predicted octanol–water partition coefficient (Wildman–Crippen LogP) is 5.38. The number of ketones is 1. The molecule has 6 heteroatoms. The smallest absolute Gasteiger partial charge is 0.407 e. The second-order valence-electron chi connectivity index (χ2n) is 9.55. The number of hydrogen-bond donors (Lipinski definition) is 2. The zero-order chi connectivity index (χ0) is 24.6. The Labute approximate surface area is 202 Å². The highest BCUT2D eigenvalue weighted by Gasteiger charge is 2.43. The van der Waals surface area contributed by atoms with Gasteiger partial charge in [-0.1, -0.05) is 86.8 Å². The number of benzene rings is 2. The van der Waals surface area contributed by atoms with E-state index in [-0.39, 0.29) is 18.0 Å². The van der Waals surface area contributed by atoms with Gasteiger partial charge in [0.25, 0.3) is 5.91 Å². The summed E-state index contributed by atoms with van der Waals surface area (Å²) in [4.78, 5) is 39.8. The van der Waals surface area contributed by atoms with Crippen LogP contribution in [0.15, 0.2) is 60.7 Å². The second kappa shape index (κ2) is 11.8. The number of hydrogen-bond acceptors (Lipinski definition) is 3. The molecule has 2 atom stereocenters. The highest BCUT2D eigenvalue weighted by atomic mass is 16.4. The van der Waals surface area contributed by atoms with Crippen LogP contribution in [0.25, 0.3) is 0 Å². The Morgan fingerprint density at radius 2 is 1.65 bits per heavy atom. The molecule has 0 unspecified atom stereocenters. The molecule has 182 valence electrons. The zero-order valence-electron chi connectivity index (χ0n) is 20.2. The number of Topliss-reactive ketones (excluding diaryl/α,β-unsaturated/α-hetero) is 1. The fourth-order valence-corrected chi connectivity index (χ4v) is 4.84. The quantitative estimate of drug-likeness (QED) is 0.413. The van der Waals surface area contributed by atoms with Crippen LogP contribution in [-0.2, 0) is 16.0 Å². The van der Waals surface area contributed by atoms with Gasteiger partial charge in [-0.3, -0.25) is 14.5 Å². The lowest BCUT2D eigenvalue weighted by Crippen LogP contribution is -2.55. The van der Waals surface area contributed by atoms with E-state index in [0.717, 1.165) is 37.7 Å². The number of amides is 2. The summed E-state index contributed by atoms with van der Waals surface area (Å²) in [6.07, 6.45) is 4.33. The fourth-order valence-electron chi connectivity index (χ4n) is 4.84. The fraction of sp³-hybridized carbons (Fsp3) is 0.464. The van der Waals surface area contributed by atoms with Crippen LogP contribution in [0.2, 0.25) is 0 Å². The van der Waals surface area contributed by atoms with Crippen LogP contribution < -0.4 is 5.32 Å². The summed E-state index contributed by atoms with van der Waals surface area (Å²) < 4.78 is 0. The number of unbranched alkanes of at least 4 members (excludes halogenated alkanes) is 1. The Hall–Kier alpha value is -3.15. The van der Waals surface area contributed by atoms with E-state index in [9.17, 15) is 19.5 Å². The van der Waals surface area contributed by atoms with Crippen LogP contribution >= 0.6 is 0 Å². The minimum Gasteiger partial charge on any atom is -0.465 e. The van der Waals surface area contributed by atoms with Crippen molar-refractivity contribution in [3.8, 4) is 0 Å². The first-order valence-electron chi connectivity index (χ1n) is 12.3. The molecule has 2 N–H and O–H groups in total. The molecule has 3 rings (SSSR count). The number of carboxylic acid groups (broad SMARTS) is 1. The first-order chi connectivity index (χ1) is 16.3. The van der Waals surface area contributed by atoms with Crippen molar-refractivity contribution >= 4 is 17.8 Å². The van der Waals surface area contributed by atoms with Gasteiger partial charge in [0.1, 0.15) is 6.04 Å². The minimum atomic E-state index is -1.14. The molecule has 1 aliphatic carbocycles. The van der Waals surface area contributed by atoms with Crippen LogP contribution in [0.4, 0.5) is 4.79 Å². The summed E-state index contributed by atoms with van der Waals surface area (Å²) in [5.74, 6) is -1.40. The van der Waals surface area contributed by atoms with E-state index in [4.69, 9.17) is 0 Å². The third-order valence-corrected chi connectivity index (χ3v) is 6.97. The lowest BCUT2D eigenvalue weighted by atomic mass is 9.65. The Kier molecular flexibility index (Phi) is 8.85. The standard InChI is InChI=1S/C28H36N2O4/c1-3-4-16-24(25(31)26(32)29-21(2)23-14-9-6-10-15-23)30(27(33)34)20-28(17-11-18-28)19-22-12-7-5-8-13-22/h5-10,12-15,21,24H,3-4,11,16-20H2,1-2H3,(H,29,32)(H,33,34)/t21-,24+/m1/s1. The Morgan fingerprint density at radius 1 is 1.03 bits per heavy atom. The summed E-state index contributed by atoms with van der Waals surface area (Å²) in [5.41, 5.74) is 1.86. The maximum absolute atomic E-state index is 13.3. The van der Waals surface area contributed by atoms with Gasteiger partial charge >= 0.3 is 6.09 Å². The summed E-state index contributed by atoms with van der Waals surface area (Å²) in [7, 11) is 0. The van der Waals surface area contributed by atoms with E-state index in [0.29, 0.717) is 12.8 Å². The van der Waals surface area contributed by atoms with E-state index < -0.39 is 23.8 Å². The SMILES string of the molecule is CCCC[C@@H](C(=O)C(=O)N[C@H](C)c1ccccc1)N(CC1(Cc2ccccc2)CCC1)C(=O)O. The molecule has 1 saturated carbocycles. The third-order valence-electron chi connectivity index (χ3n) is 6.97. The lowest BCUT2D eigenvalue weighted by Gasteiger charge is -2.46. The van der Waals surface area contributed by atoms with Gasteiger partial charge in [0.15, 0.2) is 0 Å². The topological polar surface area (TPSA) is 86.7 Å². The first-order valence-corrected chi connectivity index (χ1v) is 12.3. The highest BCUT2D eigenvalue weighted by molar-refractivity contribution is 6.38. The Balaban J connectivity index is 1.77. The van der Waals surface area contributed by atoms with Crippen molar-refractivity contribution in [3.63, 3.8) is 0 Å². The number of nitrogens with one attached hydrogen (secondary N) is 1. The van der Waals surface area contributed by atoms with Crippen molar-refractivity contribution in [1.29, 1.82) is 0 Å². The molecular weight excluding hydrogens is 428 g/mol. The maximum Gasteiger partial charge on any atom is 0.407 e. The lowest BCUT2D eigenvalue weighted by molar-refractivity contribution is -0.141. The van der Waals surface area contributed by atoms with E-state index in [2.05, 4.69) is 17.4 Å². The normalized spacial score (nSPS) is 16.1. The average Bonchev–Trinajstić information content (AvgIpc) is 2.82. The largest absolute Gasteiger partial charge is 0.465 e. The van der Waals surface area contributed by atoms with E-state index in [1.165, 1.54) is 10.5 Å². The van der Waals surface area contributed by atoms with Crippen LogP contribution in [0.3, 0.4) is 0 Å². The third kappa shape index (κ3) is 6.46. The predicted molar refractivity (Wildman–Crippen MR) is 132 cm³/mol. The molecule has 0 saturated heterocycles. The number of carbonyl (C=O) groups is 3. The van der Waals surface area contributed by atoms with Crippen LogP contribution in [0, 0.1) is 5.41 Å². The van der Waals surface area contributed by atoms with Gasteiger partial charge in [0.05, 0.1) is 6.04 Å². The molecule has 0 aliphatic heterocycles.